The van der Waals surface area contributed by atoms with Crippen LogP contribution in [-0.4, -0.2) is 35.7 Å². The molecule has 2 atom stereocenters. The van der Waals surface area contributed by atoms with E-state index in [4.69, 9.17) is 19.6 Å². The fourth-order valence-electron chi connectivity index (χ4n) is 4.84. The Kier molecular flexibility index (Phi) is 10.4. The molecule has 0 saturated heterocycles. The lowest BCUT2D eigenvalue weighted by Crippen LogP contribution is -2.53. The molecule has 0 saturated carbocycles. The molecule has 0 radical (unpaired) electrons. The molecule has 1 aliphatic rings. The van der Waals surface area contributed by atoms with E-state index < -0.39 is 29.2 Å². The highest BCUT2D eigenvalue weighted by molar-refractivity contribution is 9.10. The standard InChI is InChI=1S/C33H29Br2F2N3O4/c34-25-8-2-21(3-9-25)19-33(32(42)40-38-20-24-18-27(36)12-15-29(24)37)30(22-4-10-26(35)11-5-22)44-31(39-33)23-6-13-28(14-7-23)43-17-1-16-41/h2-15,18,30,38,41H,1,16-17,19-20H2,(H,40,42)/t30-,33-/m0/s1. The van der Waals surface area contributed by atoms with Crippen LogP contribution in [0.2, 0.25) is 0 Å². The van der Waals surface area contributed by atoms with Gasteiger partial charge in [0.2, 0.25) is 5.90 Å². The molecule has 0 aliphatic carbocycles. The number of amides is 1. The summed E-state index contributed by atoms with van der Waals surface area (Å²) in [5, 5.41) is 9.03. The van der Waals surface area contributed by atoms with E-state index in [1.165, 1.54) is 0 Å². The van der Waals surface area contributed by atoms with Gasteiger partial charge in [-0.15, -0.1) is 0 Å². The van der Waals surface area contributed by atoms with Gasteiger partial charge in [0.15, 0.2) is 11.6 Å². The lowest BCUT2D eigenvalue weighted by atomic mass is 9.82. The molecule has 0 spiro atoms. The molecule has 1 aliphatic heterocycles. The van der Waals surface area contributed by atoms with Gasteiger partial charge < -0.3 is 14.6 Å². The van der Waals surface area contributed by atoms with E-state index >= 15 is 0 Å². The summed E-state index contributed by atoms with van der Waals surface area (Å²) in [6, 6.07) is 25.3. The molecular weight excluding hydrogens is 700 g/mol. The van der Waals surface area contributed by atoms with Crippen molar-refractivity contribution in [1.29, 1.82) is 0 Å². The second kappa shape index (κ2) is 14.4. The summed E-state index contributed by atoms with van der Waals surface area (Å²) < 4.78 is 41.9. The maximum absolute atomic E-state index is 14.3. The van der Waals surface area contributed by atoms with E-state index in [1.807, 2.05) is 48.5 Å². The number of aliphatic imine (C=N–C) groups is 1. The molecule has 44 heavy (non-hydrogen) atoms. The molecule has 228 valence electrons. The van der Waals surface area contributed by atoms with Gasteiger partial charge in [0.1, 0.15) is 17.4 Å². The normalized spacial score (nSPS) is 17.6. The Labute approximate surface area is 270 Å². The van der Waals surface area contributed by atoms with Crippen molar-refractivity contribution in [2.45, 2.75) is 31.0 Å². The van der Waals surface area contributed by atoms with Crippen LogP contribution < -0.4 is 15.6 Å². The van der Waals surface area contributed by atoms with Crippen LogP contribution in [0.4, 0.5) is 8.78 Å². The van der Waals surface area contributed by atoms with E-state index in [-0.39, 0.29) is 31.0 Å². The van der Waals surface area contributed by atoms with Gasteiger partial charge in [-0.2, -0.15) is 0 Å². The Morgan fingerprint density at radius 2 is 1.64 bits per heavy atom. The van der Waals surface area contributed by atoms with Crippen LogP contribution in [0.15, 0.2) is 105 Å². The topological polar surface area (TPSA) is 92.2 Å². The molecule has 1 heterocycles. The van der Waals surface area contributed by atoms with Crippen molar-refractivity contribution in [2.24, 2.45) is 4.99 Å². The molecule has 0 bridgehead atoms. The number of benzene rings is 4. The number of nitrogens with one attached hydrogen (secondary N) is 2. The third-order valence-electron chi connectivity index (χ3n) is 7.08. The Balaban J connectivity index is 1.51. The first-order valence-corrected chi connectivity index (χ1v) is 15.4. The molecule has 4 aromatic carbocycles. The van der Waals surface area contributed by atoms with Gasteiger partial charge >= 0.3 is 0 Å². The number of hydrogen-bond acceptors (Lipinski definition) is 6. The molecule has 11 heteroatoms. The Hall–Kier alpha value is -3.64. The Bertz CT molecular complexity index is 1620. The van der Waals surface area contributed by atoms with Gasteiger partial charge in [-0.3, -0.25) is 10.2 Å². The molecule has 1 amide bonds. The molecule has 5 rings (SSSR count). The first-order chi connectivity index (χ1) is 21.3. The predicted molar refractivity (Wildman–Crippen MR) is 170 cm³/mol. The van der Waals surface area contributed by atoms with Crippen molar-refractivity contribution in [1.82, 2.24) is 10.9 Å². The van der Waals surface area contributed by atoms with Crippen molar-refractivity contribution >= 4 is 43.7 Å². The number of nitrogens with zero attached hydrogens (tertiary/aromatic N) is 1. The summed E-state index contributed by atoms with van der Waals surface area (Å²) in [4.78, 5) is 19.2. The Morgan fingerprint density at radius 3 is 2.32 bits per heavy atom. The zero-order chi connectivity index (χ0) is 31.1. The monoisotopic (exact) mass is 727 g/mol. The van der Waals surface area contributed by atoms with Crippen LogP contribution in [-0.2, 0) is 22.5 Å². The number of hydrogen-bond donors (Lipinski definition) is 3. The van der Waals surface area contributed by atoms with Crippen molar-refractivity contribution < 1.29 is 28.2 Å². The highest BCUT2D eigenvalue weighted by Gasteiger charge is 2.53. The van der Waals surface area contributed by atoms with Gasteiger partial charge in [0.25, 0.3) is 5.91 Å². The molecule has 4 aromatic rings. The lowest BCUT2D eigenvalue weighted by Gasteiger charge is -2.31. The summed E-state index contributed by atoms with van der Waals surface area (Å²) in [5.41, 5.74) is 6.22. The highest BCUT2D eigenvalue weighted by atomic mass is 79.9. The third-order valence-corrected chi connectivity index (χ3v) is 8.14. The third kappa shape index (κ3) is 7.52. The van der Waals surface area contributed by atoms with Gasteiger partial charge in [0.05, 0.1) is 6.61 Å². The largest absolute Gasteiger partial charge is 0.494 e. The minimum atomic E-state index is -1.49. The number of halogens is 4. The smallest absolute Gasteiger partial charge is 0.266 e. The number of aliphatic hydroxyl groups is 1. The molecule has 7 nitrogen and oxygen atoms in total. The minimum Gasteiger partial charge on any atom is -0.494 e. The second-order valence-corrected chi connectivity index (χ2v) is 12.0. The van der Waals surface area contributed by atoms with Crippen LogP contribution in [0, 0.1) is 11.6 Å². The summed E-state index contributed by atoms with van der Waals surface area (Å²) in [5.74, 6) is -0.802. The van der Waals surface area contributed by atoms with Crippen LogP contribution >= 0.6 is 31.9 Å². The second-order valence-electron chi connectivity index (χ2n) is 10.2. The SMILES string of the molecule is O=C(NNCc1cc(F)ccc1F)[C@@]1(Cc2ccc(Br)cc2)N=C(c2ccc(OCCCO)cc2)O[C@H]1c1ccc(Br)cc1. The van der Waals surface area contributed by atoms with Gasteiger partial charge in [0, 0.05) is 46.1 Å². The molecule has 3 N–H and O–H groups in total. The fourth-order valence-corrected chi connectivity index (χ4v) is 5.37. The number of carbonyl (C=O) groups is 1. The van der Waals surface area contributed by atoms with Gasteiger partial charge in [-0.25, -0.2) is 19.2 Å². The average Bonchev–Trinajstić information content (AvgIpc) is 3.41. The van der Waals surface area contributed by atoms with E-state index in [9.17, 15) is 13.6 Å². The van der Waals surface area contributed by atoms with Crippen molar-refractivity contribution in [3.8, 4) is 5.75 Å². The maximum Gasteiger partial charge on any atom is 0.266 e. The van der Waals surface area contributed by atoms with Crippen LogP contribution in [0.1, 0.15) is 34.8 Å². The average molecular weight is 729 g/mol. The predicted octanol–water partition coefficient (Wildman–Crippen LogP) is 6.57. The summed E-state index contributed by atoms with van der Waals surface area (Å²) in [6.07, 6.45) is -0.142. The number of hydrazine groups is 1. The summed E-state index contributed by atoms with van der Waals surface area (Å²) in [6.45, 7) is 0.262. The molecular formula is C33H29Br2F2N3O4. The van der Waals surface area contributed by atoms with Gasteiger partial charge in [-0.1, -0.05) is 56.1 Å². The van der Waals surface area contributed by atoms with Gasteiger partial charge in [-0.05, 0) is 77.9 Å². The number of aliphatic hydroxyl groups excluding tert-OH is 1. The van der Waals surface area contributed by atoms with E-state index in [1.54, 1.807) is 24.3 Å². The maximum atomic E-state index is 14.3. The minimum absolute atomic E-state index is 0.0364. The van der Waals surface area contributed by atoms with E-state index in [0.717, 1.165) is 38.3 Å². The van der Waals surface area contributed by atoms with E-state index in [0.29, 0.717) is 24.3 Å². The molecule has 0 aromatic heterocycles. The Morgan fingerprint density at radius 1 is 0.955 bits per heavy atom. The van der Waals surface area contributed by atoms with Crippen molar-refractivity contribution in [3.05, 3.63) is 134 Å². The lowest BCUT2D eigenvalue weighted by molar-refractivity contribution is -0.130. The molecule has 0 unspecified atom stereocenters. The summed E-state index contributed by atoms with van der Waals surface area (Å²) in [7, 11) is 0. The first-order valence-electron chi connectivity index (χ1n) is 13.8. The molecule has 0 fully saturated rings. The van der Waals surface area contributed by atoms with Crippen LogP contribution in [0.3, 0.4) is 0 Å². The highest BCUT2D eigenvalue weighted by Crippen LogP contribution is 2.43. The summed E-state index contributed by atoms with van der Waals surface area (Å²) >= 11 is 6.93. The first kappa shape index (κ1) is 31.8. The zero-order valence-corrected chi connectivity index (χ0v) is 26.6. The number of rotatable bonds is 12. The quantitative estimate of drug-likeness (QED) is 0.113. The van der Waals surface area contributed by atoms with Crippen LogP contribution in [0.25, 0.3) is 0 Å². The number of ether oxygens (including phenoxy) is 2. The van der Waals surface area contributed by atoms with Crippen LogP contribution in [0.5, 0.6) is 5.75 Å². The van der Waals surface area contributed by atoms with Crippen molar-refractivity contribution in [3.63, 3.8) is 0 Å². The van der Waals surface area contributed by atoms with Crippen molar-refractivity contribution in [2.75, 3.05) is 13.2 Å². The number of carbonyl (C=O) groups excluding carboxylic acids is 1. The van der Waals surface area contributed by atoms with E-state index in [2.05, 4.69) is 42.7 Å². The fraction of sp³-hybridized carbons (Fsp3) is 0.212. The zero-order valence-electron chi connectivity index (χ0n) is 23.4.